The Labute approximate surface area is 95.9 Å². The van der Waals surface area contributed by atoms with E-state index in [1.54, 1.807) is 7.11 Å². The summed E-state index contributed by atoms with van der Waals surface area (Å²) in [7, 11) is 1.65. The molecule has 16 heavy (non-hydrogen) atoms. The molecule has 0 aliphatic heterocycles. The lowest BCUT2D eigenvalue weighted by atomic mass is 10.1. The molecule has 1 atom stereocenters. The summed E-state index contributed by atoms with van der Waals surface area (Å²) < 4.78 is 5.26. The van der Waals surface area contributed by atoms with E-state index in [1.165, 1.54) is 0 Å². The van der Waals surface area contributed by atoms with Crippen molar-refractivity contribution in [2.24, 2.45) is 0 Å². The number of methoxy groups -OCH3 is 1. The predicted octanol–water partition coefficient (Wildman–Crippen LogP) is 1.08. The average molecular weight is 225 g/mol. The van der Waals surface area contributed by atoms with Crippen LogP contribution in [0.3, 0.4) is 0 Å². The Kier molecular flexibility index (Phi) is 4.58. The second-order valence-electron chi connectivity index (χ2n) is 3.86. The molecule has 0 bridgehead atoms. The zero-order chi connectivity index (χ0) is 12.1. The molecule has 4 nitrogen and oxygen atoms in total. The molecule has 0 saturated heterocycles. The molecule has 3 N–H and O–H groups in total. The Bertz CT molecular complexity index is 329. The van der Waals surface area contributed by atoms with Crippen LogP contribution in [0, 0.1) is 13.8 Å². The van der Waals surface area contributed by atoms with Gasteiger partial charge in [0.1, 0.15) is 5.75 Å². The lowest BCUT2D eigenvalue weighted by Gasteiger charge is -2.14. The lowest BCUT2D eigenvalue weighted by Crippen LogP contribution is -2.23. The van der Waals surface area contributed by atoms with Crippen LogP contribution in [0.25, 0.3) is 0 Å². The number of aliphatic hydroxyl groups is 2. The second kappa shape index (κ2) is 5.72. The predicted molar refractivity (Wildman–Crippen MR) is 64.1 cm³/mol. The minimum atomic E-state index is -0.734. The summed E-state index contributed by atoms with van der Waals surface area (Å²) in [6.07, 6.45) is -0.734. The summed E-state index contributed by atoms with van der Waals surface area (Å²) in [4.78, 5) is 0. The number of aryl methyl sites for hydroxylation is 2. The Morgan fingerprint density at radius 3 is 2.31 bits per heavy atom. The molecule has 1 aromatic carbocycles. The van der Waals surface area contributed by atoms with Gasteiger partial charge in [-0.15, -0.1) is 0 Å². The number of hydrogen-bond donors (Lipinski definition) is 3. The molecule has 0 saturated carbocycles. The van der Waals surface area contributed by atoms with E-state index in [2.05, 4.69) is 5.32 Å². The van der Waals surface area contributed by atoms with Crippen LogP contribution in [0.2, 0.25) is 0 Å². The highest BCUT2D eigenvalue weighted by molar-refractivity contribution is 5.55. The van der Waals surface area contributed by atoms with Crippen LogP contribution in [0.5, 0.6) is 5.75 Å². The fourth-order valence-electron chi connectivity index (χ4n) is 1.67. The molecule has 0 aromatic heterocycles. The topological polar surface area (TPSA) is 61.7 Å². The van der Waals surface area contributed by atoms with E-state index in [0.717, 1.165) is 22.6 Å². The number of benzene rings is 1. The molecule has 0 heterocycles. The van der Waals surface area contributed by atoms with Crippen LogP contribution in [0.1, 0.15) is 11.1 Å². The van der Waals surface area contributed by atoms with Gasteiger partial charge in [-0.3, -0.25) is 0 Å². The summed E-state index contributed by atoms with van der Waals surface area (Å²) in [5, 5.41) is 21.0. The molecule has 0 aliphatic carbocycles. The van der Waals surface area contributed by atoms with Crippen molar-refractivity contribution in [3.8, 4) is 5.75 Å². The molecule has 1 unspecified atom stereocenters. The lowest BCUT2D eigenvalue weighted by molar-refractivity contribution is 0.105. The van der Waals surface area contributed by atoms with Gasteiger partial charge in [0, 0.05) is 12.2 Å². The van der Waals surface area contributed by atoms with Gasteiger partial charge in [-0.2, -0.15) is 0 Å². The molecule has 0 fully saturated rings. The fraction of sp³-hybridized carbons (Fsp3) is 0.500. The molecule has 1 rings (SSSR count). The summed E-state index contributed by atoms with van der Waals surface area (Å²) in [5.74, 6) is 0.883. The molecule has 0 radical (unpaired) electrons. The minimum Gasteiger partial charge on any atom is -0.496 e. The van der Waals surface area contributed by atoms with Crippen LogP contribution >= 0.6 is 0 Å². The van der Waals surface area contributed by atoms with E-state index in [0.29, 0.717) is 6.54 Å². The molecular formula is C12H19NO3. The zero-order valence-corrected chi connectivity index (χ0v) is 9.95. The number of nitrogens with one attached hydrogen (secondary N) is 1. The van der Waals surface area contributed by atoms with Gasteiger partial charge in [0.2, 0.25) is 0 Å². The van der Waals surface area contributed by atoms with Gasteiger partial charge in [0.15, 0.2) is 0 Å². The van der Waals surface area contributed by atoms with E-state index in [9.17, 15) is 5.11 Å². The first-order valence-electron chi connectivity index (χ1n) is 5.26. The van der Waals surface area contributed by atoms with Gasteiger partial charge in [-0.1, -0.05) is 0 Å². The van der Waals surface area contributed by atoms with Crippen molar-refractivity contribution in [3.05, 3.63) is 23.3 Å². The molecule has 1 aromatic rings. The van der Waals surface area contributed by atoms with Gasteiger partial charge in [0.05, 0.1) is 19.8 Å². The minimum absolute atomic E-state index is 0.235. The van der Waals surface area contributed by atoms with Crippen molar-refractivity contribution in [1.29, 1.82) is 0 Å². The smallest absolute Gasteiger partial charge is 0.124 e. The van der Waals surface area contributed by atoms with E-state index in [1.807, 2.05) is 26.0 Å². The highest BCUT2D eigenvalue weighted by Gasteiger charge is 2.06. The van der Waals surface area contributed by atoms with E-state index in [-0.39, 0.29) is 6.61 Å². The SMILES string of the molecule is COc1c(C)cc(NCC(O)CO)cc1C. The fourth-order valence-corrected chi connectivity index (χ4v) is 1.67. The van der Waals surface area contributed by atoms with Gasteiger partial charge < -0.3 is 20.3 Å². The zero-order valence-electron chi connectivity index (χ0n) is 9.95. The van der Waals surface area contributed by atoms with E-state index < -0.39 is 6.10 Å². The number of hydrogen-bond acceptors (Lipinski definition) is 4. The Morgan fingerprint density at radius 2 is 1.88 bits per heavy atom. The van der Waals surface area contributed by atoms with Crippen molar-refractivity contribution in [3.63, 3.8) is 0 Å². The Hall–Kier alpha value is -1.26. The third-order valence-corrected chi connectivity index (χ3v) is 2.42. The highest BCUT2D eigenvalue weighted by atomic mass is 16.5. The van der Waals surface area contributed by atoms with Crippen LogP contribution in [0.15, 0.2) is 12.1 Å². The van der Waals surface area contributed by atoms with Crippen molar-refractivity contribution in [2.75, 3.05) is 25.6 Å². The monoisotopic (exact) mass is 225 g/mol. The maximum atomic E-state index is 9.22. The number of anilines is 1. The van der Waals surface area contributed by atoms with Crippen molar-refractivity contribution in [2.45, 2.75) is 20.0 Å². The summed E-state index contributed by atoms with van der Waals surface area (Å²) in [6, 6.07) is 3.91. The van der Waals surface area contributed by atoms with Gasteiger partial charge >= 0.3 is 0 Å². The number of ether oxygens (including phenoxy) is 1. The van der Waals surface area contributed by atoms with Crippen molar-refractivity contribution < 1.29 is 14.9 Å². The normalized spacial score (nSPS) is 12.3. The molecule has 0 spiro atoms. The third kappa shape index (κ3) is 3.12. The standard InChI is InChI=1S/C12H19NO3/c1-8-4-10(13-6-11(15)7-14)5-9(2)12(8)16-3/h4-5,11,13-15H,6-7H2,1-3H3. The highest BCUT2D eigenvalue weighted by Crippen LogP contribution is 2.26. The first-order valence-corrected chi connectivity index (χ1v) is 5.26. The molecule has 0 amide bonds. The van der Waals surface area contributed by atoms with Crippen LogP contribution in [-0.4, -0.2) is 36.6 Å². The number of rotatable bonds is 5. The molecule has 0 aliphatic rings. The Balaban J connectivity index is 2.76. The first-order chi connectivity index (χ1) is 7.58. The van der Waals surface area contributed by atoms with Gasteiger partial charge in [-0.25, -0.2) is 0 Å². The molecule has 90 valence electrons. The van der Waals surface area contributed by atoms with Crippen molar-refractivity contribution in [1.82, 2.24) is 0 Å². The van der Waals surface area contributed by atoms with E-state index >= 15 is 0 Å². The molecular weight excluding hydrogens is 206 g/mol. The van der Waals surface area contributed by atoms with Crippen LogP contribution < -0.4 is 10.1 Å². The quantitative estimate of drug-likeness (QED) is 0.701. The van der Waals surface area contributed by atoms with Crippen molar-refractivity contribution >= 4 is 5.69 Å². The Morgan fingerprint density at radius 1 is 1.31 bits per heavy atom. The van der Waals surface area contributed by atoms with Gasteiger partial charge in [0.25, 0.3) is 0 Å². The maximum absolute atomic E-state index is 9.22. The molecule has 4 heteroatoms. The van der Waals surface area contributed by atoms with E-state index in [4.69, 9.17) is 9.84 Å². The van der Waals surface area contributed by atoms with Crippen LogP contribution in [0.4, 0.5) is 5.69 Å². The maximum Gasteiger partial charge on any atom is 0.124 e. The van der Waals surface area contributed by atoms with Gasteiger partial charge in [-0.05, 0) is 37.1 Å². The first kappa shape index (κ1) is 12.8. The summed E-state index contributed by atoms with van der Waals surface area (Å²) in [6.45, 7) is 4.04. The summed E-state index contributed by atoms with van der Waals surface area (Å²) >= 11 is 0. The third-order valence-electron chi connectivity index (χ3n) is 2.42. The second-order valence-corrected chi connectivity index (χ2v) is 3.86. The van der Waals surface area contributed by atoms with Crippen LogP contribution in [-0.2, 0) is 0 Å². The number of aliphatic hydroxyl groups excluding tert-OH is 2. The average Bonchev–Trinajstić information content (AvgIpc) is 2.25. The largest absolute Gasteiger partial charge is 0.496 e. The summed E-state index contributed by atoms with van der Waals surface area (Å²) in [5.41, 5.74) is 3.01.